The molecule has 2 aromatic carbocycles. The van der Waals surface area contributed by atoms with E-state index < -0.39 is 0 Å². The van der Waals surface area contributed by atoms with Gasteiger partial charge in [0.25, 0.3) is 0 Å². The number of para-hydroxylation sites is 1. The summed E-state index contributed by atoms with van der Waals surface area (Å²) in [6.07, 6.45) is 6.15. The highest BCUT2D eigenvalue weighted by atomic mass is 32.1. The van der Waals surface area contributed by atoms with Crippen LogP contribution in [0.2, 0.25) is 0 Å². The monoisotopic (exact) mass is 583 g/mol. The number of hydrogen-bond acceptors (Lipinski definition) is 6. The third-order valence-electron chi connectivity index (χ3n) is 9.38. The molecule has 0 spiro atoms. The van der Waals surface area contributed by atoms with Gasteiger partial charge < -0.3 is 25.3 Å². The highest BCUT2D eigenvalue weighted by Crippen LogP contribution is 2.40. The van der Waals surface area contributed by atoms with Crippen LogP contribution >= 0.6 is 12.2 Å². The maximum atomic E-state index is 5.84. The number of aromatic nitrogens is 2. The first kappa shape index (κ1) is 28.7. The van der Waals surface area contributed by atoms with E-state index in [1.807, 2.05) is 0 Å². The zero-order chi connectivity index (χ0) is 28.9. The molecular weight excluding hydrogens is 538 g/mol. The number of benzene rings is 2. The van der Waals surface area contributed by atoms with Gasteiger partial charge in [0.05, 0.1) is 0 Å². The van der Waals surface area contributed by atoms with Gasteiger partial charge in [-0.15, -0.1) is 0 Å². The van der Waals surface area contributed by atoms with Crippen LogP contribution in [0.15, 0.2) is 66.7 Å². The lowest BCUT2D eigenvalue weighted by molar-refractivity contribution is 0.355. The maximum Gasteiger partial charge on any atom is 0.232 e. The third-order valence-corrected chi connectivity index (χ3v) is 9.62. The maximum absolute atomic E-state index is 5.84. The molecule has 3 heterocycles. The minimum Gasteiger partial charge on any atom is -0.368 e. The van der Waals surface area contributed by atoms with Crippen LogP contribution in [-0.4, -0.2) is 60.9 Å². The lowest BCUT2D eigenvalue weighted by Crippen LogP contribution is -2.47. The highest BCUT2D eigenvalue weighted by molar-refractivity contribution is 7.80. The molecule has 3 aliphatic rings. The summed E-state index contributed by atoms with van der Waals surface area (Å²) in [7, 11) is 0. The Morgan fingerprint density at radius 1 is 0.810 bits per heavy atom. The van der Waals surface area contributed by atoms with Crippen LogP contribution in [-0.2, 0) is 5.41 Å². The van der Waals surface area contributed by atoms with Gasteiger partial charge in [0.15, 0.2) is 5.11 Å². The van der Waals surface area contributed by atoms with Crippen LogP contribution in [0, 0.1) is 11.8 Å². The van der Waals surface area contributed by atoms with Gasteiger partial charge in [0, 0.05) is 63.0 Å². The average molecular weight is 584 g/mol. The number of thiocarbonyl (C=S) groups is 1. The summed E-state index contributed by atoms with van der Waals surface area (Å²) in [6.45, 7) is 11.3. The number of nitrogens with zero attached hydrogens (tertiary/aromatic N) is 5. The molecule has 2 N–H and O–H groups in total. The molecule has 42 heavy (non-hydrogen) atoms. The summed E-state index contributed by atoms with van der Waals surface area (Å²) in [4.78, 5) is 17.3. The van der Waals surface area contributed by atoms with Crippen LogP contribution in [0.3, 0.4) is 0 Å². The van der Waals surface area contributed by atoms with Crippen molar-refractivity contribution in [1.29, 1.82) is 0 Å². The smallest absolute Gasteiger partial charge is 0.232 e. The van der Waals surface area contributed by atoms with Crippen molar-refractivity contribution in [3.8, 4) is 0 Å². The van der Waals surface area contributed by atoms with Crippen molar-refractivity contribution < 1.29 is 0 Å². The Labute approximate surface area is 256 Å². The van der Waals surface area contributed by atoms with E-state index in [1.165, 1.54) is 43.4 Å². The summed E-state index contributed by atoms with van der Waals surface area (Å²) < 4.78 is 0. The van der Waals surface area contributed by atoms with Crippen molar-refractivity contribution in [2.75, 3.05) is 65.8 Å². The quantitative estimate of drug-likeness (QED) is 0.325. The molecule has 2 atom stereocenters. The Hall–Kier alpha value is -3.39. The summed E-state index contributed by atoms with van der Waals surface area (Å²) in [5.41, 5.74) is 2.81. The fourth-order valence-electron chi connectivity index (χ4n) is 7.29. The number of nitrogens with one attached hydrogen (secondary N) is 2. The first-order valence-corrected chi connectivity index (χ1v) is 16.2. The van der Waals surface area contributed by atoms with Crippen LogP contribution in [0.25, 0.3) is 0 Å². The molecule has 0 amide bonds. The predicted octanol–water partition coefficient (Wildman–Crippen LogP) is 6.08. The van der Waals surface area contributed by atoms with Crippen molar-refractivity contribution in [3.05, 3.63) is 72.3 Å². The Morgan fingerprint density at radius 2 is 1.38 bits per heavy atom. The van der Waals surface area contributed by atoms with Crippen molar-refractivity contribution in [1.82, 2.24) is 15.3 Å². The van der Waals surface area contributed by atoms with Crippen molar-refractivity contribution in [2.45, 2.75) is 51.4 Å². The van der Waals surface area contributed by atoms with Crippen LogP contribution < -0.4 is 25.3 Å². The van der Waals surface area contributed by atoms with E-state index in [0.717, 1.165) is 57.4 Å². The molecule has 6 rings (SSSR count). The molecule has 2 saturated heterocycles. The van der Waals surface area contributed by atoms with Crippen LogP contribution in [0.5, 0.6) is 0 Å². The molecule has 2 aliphatic heterocycles. The molecule has 0 bridgehead atoms. The van der Waals surface area contributed by atoms with Gasteiger partial charge in [-0.25, -0.2) is 0 Å². The Kier molecular flexibility index (Phi) is 8.79. The molecule has 1 aromatic heterocycles. The summed E-state index contributed by atoms with van der Waals surface area (Å²) in [5.74, 6) is 3.82. The summed E-state index contributed by atoms with van der Waals surface area (Å²) >= 11 is 5.84. The minimum atomic E-state index is 0.124. The standard InChI is InChI=1S/C34H45N7S/c1-26-21-27(2)24-41(23-26)31-22-30(40-19-17-39(18-20-40)29-13-7-4-8-14-29)36-32(37-31)38-33(42)35-25-34(15-9-10-16-34)28-11-5-3-6-12-28/h3-8,11-14,22,26-27H,9-10,15-21,23-25H2,1-2H3,(H2,35,36,37,38,42)/t26-,27-/m1/s1. The topological polar surface area (TPSA) is 59.6 Å². The first-order chi connectivity index (χ1) is 20.5. The molecule has 3 aromatic rings. The van der Waals surface area contributed by atoms with E-state index in [0.29, 0.717) is 22.9 Å². The Morgan fingerprint density at radius 3 is 2.02 bits per heavy atom. The molecule has 1 aliphatic carbocycles. The highest BCUT2D eigenvalue weighted by Gasteiger charge is 2.35. The molecule has 7 nitrogen and oxygen atoms in total. The molecule has 3 fully saturated rings. The van der Waals surface area contributed by atoms with Gasteiger partial charge in [-0.1, -0.05) is 75.2 Å². The van der Waals surface area contributed by atoms with Crippen LogP contribution in [0.1, 0.15) is 51.5 Å². The molecule has 0 unspecified atom stereocenters. The largest absolute Gasteiger partial charge is 0.368 e. The zero-order valence-electron chi connectivity index (χ0n) is 25.1. The molecule has 1 saturated carbocycles. The van der Waals surface area contributed by atoms with Crippen molar-refractivity contribution in [2.24, 2.45) is 11.8 Å². The van der Waals surface area contributed by atoms with Crippen molar-refractivity contribution in [3.63, 3.8) is 0 Å². The van der Waals surface area contributed by atoms with Gasteiger partial charge in [-0.2, -0.15) is 9.97 Å². The van der Waals surface area contributed by atoms with Crippen molar-refractivity contribution >= 4 is 40.6 Å². The van der Waals surface area contributed by atoms with E-state index in [9.17, 15) is 0 Å². The normalized spacial score (nSPS) is 22.2. The summed E-state index contributed by atoms with van der Waals surface area (Å²) in [5, 5.41) is 7.53. The Balaban J connectivity index is 1.18. The van der Waals surface area contributed by atoms with Gasteiger partial charge in [-0.3, -0.25) is 0 Å². The molecule has 222 valence electrons. The molecule has 0 radical (unpaired) electrons. The van der Waals surface area contributed by atoms with Gasteiger partial charge in [0.2, 0.25) is 5.95 Å². The molecule has 8 heteroatoms. The second kappa shape index (κ2) is 12.9. The fourth-order valence-corrected chi connectivity index (χ4v) is 7.45. The summed E-state index contributed by atoms with van der Waals surface area (Å²) in [6, 6.07) is 23.8. The molecular formula is C34H45N7S. The number of piperidine rings is 1. The van der Waals surface area contributed by atoms with Gasteiger partial charge >= 0.3 is 0 Å². The predicted molar refractivity (Wildman–Crippen MR) is 179 cm³/mol. The van der Waals surface area contributed by atoms with E-state index in [1.54, 1.807) is 0 Å². The zero-order valence-corrected chi connectivity index (χ0v) is 26.0. The fraction of sp³-hybridized carbons (Fsp3) is 0.500. The minimum absolute atomic E-state index is 0.124. The van der Waals surface area contributed by atoms with E-state index in [2.05, 4.69) is 106 Å². The van der Waals surface area contributed by atoms with Gasteiger partial charge in [0.1, 0.15) is 11.6 Å². The van der Waals surface area contributed by atoms with E-state index >= 15 is 0 Å². The number of hydrogen-bond donors (Lipinski definition) is 2. The van der Waals surface area contributed by atoms with E-state index in [-0.39, 0.29) is 5.41 Å². The number of anilines is 4. The lowest BCUT2D eigenvalue weighted by Gasteiger charge is -2.38. The number of piperazine rings is 1. The van der Waals surface area contributed by atoms with Gasteiger partial charge in [-0.05, 0) is 61.0 Å². The average Bonchev–Trinajstić information content (AvgIpc) is 3.51. The first-order valence-electron chi connectivity index (χ1n) is 15.8. The second-order valence-electron chi connectivity index (χ2n) is 12.7. The Bertz CT molecular complexity index is 1310. The second-order valence-corrected chi connectivity index (χ2v) is 13.1. The van der Waals surface area contributed by atoms with E-state index in [4.69, 9.17) is 22.2 Å². The number of rotatable bonds is 7. The lowest BCUT2D eigenvalue weighted by atomic mass is 9.79. The third kappa shape index (κ3) is 6.64. The van der Waals surface area contributed by atoms with Crippen LogP contribution in [0.4, 0.5) is 23.3 Å². The SMILES string of the molecule is C[C@@H]1C[C@@H](C)CN(c2cc(N3CCN(c4ccccc4)CC3)nc(NC(=S)NCC3(c4ccccc4)CCCC3)n2)C1.